The van der Waals surface area contributed by atoms with Crippen molar-refractivity contribution in [3.63, 3.8) is 0 Å². The number of rotatable bonds is 6. The summed E-state index contributed by atoms with van der Waals surface area (Å²) in [4.78, 5) is 4.59. The molecule has 0 fully saturated rings. The zero-order chi connectivity index (χ0) is 17.2. The Hall–Kier alpha value is -2.78. The van der Waals surface area contributed by atoms with Crippen molar-refractivity contribution in [3.8, 4) is 5.75 Å². The van der Waals surface area contributed by atoms with Crippen molar-refractivity contribution in [3.05, 3.63) is 108 Å². The molecule has 0 aliphatic rings. The molecule has 3 rings (SSSR count). The summed E-state index contributed by atoms with van der Waals surface area (Å²) in [6.45, 7) is 0. The van der Waals surface area contributed by atoms with Gasteiger partial charge in [-0.25, -0.2) is 4.99 Å². The number of ether oxygens (including phenoxy) is 1. The minimum absolute atomic E-state index is 0.568. The first-order valence-corrected chi connectivity index (χ1v) is 9.14. The maximum Gasteiger partial charge on any atom is 0.220 e. The van der Waals surface area contributed by atoms with Gasteiger partial charge < -0.3 is 4.74 Å². The normalized spacial score (nSPS) is 11.6. The number of nitrogens with zero attached hydrogens (tertiary/aromatic N) is 1. The summed E-state index contributed by atoms with van der Waals surface area (Å²) in [5.74, 6) is 2.26. The minimum atomic E-state index is 0.568. The Morgan fingerprint density at radius 2 is 1.40 bits per heavy atom. The Kier molecular flexibility index (Phi) is 6.48. The second-order valence-electron chi connectivity index (χ2n) is 5.30. The van der Waals surface area contributed by atoms with Crippen molar-refractivity contribution in [2.24, 2.45) is 4.99 Å². The molecule has 3 aromatic carbocycles. The van der Waals surface area contributed by atoms with Gasteiger partial charge in [-0.2, -0.15) is 0 Å². The molecule has 0 aliphatic carbocycles. The van der Waals surface area contributed by atoms with Gasteiger partial charge in [-0.15, -0.1) is 11.8 Å². The molecule has 0 heterocycles. The lowest BCUT2D eigenvalue weighted by Gasteiger charge is -2.05. The summed E-state index contributed by atoms with van der Waals surface area (Å²) in [5.41, 5.74) is 2.16. The molecule has 0 aliphatic heterocycles. The molecule has 0 radical (unpaired) electrons. The molecule has 0 saturated heterocycles. The lowest BCUT2D eigenvalue weighted by Crippen LogP contribution is -2.04. The average Bonchev–Trinajstić information content (AvgIpc) is 2.67. The zero-order valence-corrected chi connectivity index (χ0v) is 14.6. The van der Waals surface area contributed by atoms with E-state index in [9.17, 15) is 0 Å². The molecule has 25 heavy (non-hydrogen) atoms. The predicted octanol–water partition coefficient (Wildman–Crippen LogP) is 6.24. The van der Waals surface area contributed by atoms with E-state index in [4.69, 9.17) is 4.74 Å². The molecule has 0 atom stereocenters. The van der Waals surface area contributed by atoms with Crippen LogP contribution >= 0.6 is 11.8 Å². The monoisotopic (exact) mass is 345 g/mol. The number of para-hydroxylation sites is 2. The number of benzene rings is 3. The third-order valence-electron chi connectivity index (χ3n) is 3.36. The van der Waals surface area contributed by atoms with Crippen LogP contribution in [0.1, 0.15) is 5.56 Å². The first-order chi connectivity index (χ1) is 12.4. The highest BCUT2D eigenvalue weighted by Gasteiger charge is 2.00. The third-order valence-corrected chi connectivity index (χ3v) is 4.19. The molecule has 0 spiro atoms. The van der Waals surface area contributed by atoms with E-state index in [1.165, 1.54) is 5.56 Å². The van der Waals surface area contributed by atoms with Gasteiger partial charge in [0.2, 0.25) is 5.90 Å². The number of hydrogen-bond donors (Lipinski definition) is 0. The van der Waals surface area contributed by atoms with Crippen LogP contribution in [-0.2, 0) is 5.75 Å². The van der Waals surface area contributed by atoms with E-state index in [2.05, 4.69) is 29.3 Å². The van der Waals surface area contributed by atoms with Crippen LogP contribution in [0, 0.1) is 0 Å². The first kappa shape index (κ1) is 17.1. The van der Waals surface area contributed by atoms with E-state index >= 15 is 0 Å². The van der Waals surface area contributed by atoms with Crippen LogP contribution in [0.5, 0.6) is 5.75 Å². The van der Waals surface area contributed by atoms with Crippen molar-refractivity contribution in [1.82, 2.24) is 0 Å². The topological polar surface area (TPSA) is 21.6 Å². The Bertz CT molecular complexity index is 814. The molecule has 0 amide bonds. The lowest BCUT2D eigenvalue weighted by molar-refractivity contribution is 0.556. The van der Waals surface area contributed by atoms with Crippen molar-refractivity contribution < 1.29 is 4.74 Å². The van der Waals surface area contributed by atoms with Crippen LogP contribution in [0.15, 0.2) is 107 Å². The summed E-state index contributed by atoms with van der Waals surface area (Å²) in [6.07, 6.45) is 1.91. The fourth-order valence-corrected chi connectivity index (χ4v) is 2.85. The van der Waals surface area contributed by atoms with Crippen LogP contribution < -0.4 is 4.74 Å². The Labute approximate surface area is 152 Å². The number of aliphatic imine (C=N–C) groups is 1. The fourth-order valence-electron chi connectivity index (χ4n) is 2.16. The van der Waals surface area contributed by atoms with Crippen LogP contribution in [0.3, 0.4) is 0 Å². The molecule has 0 bridgehead atoms. The zero-order valence-electron chi connectivity index (χ0n) is 13.8. The standard InChI is InChI=1S/C22H19NOS/c1-4-10-19(11-5-1)18-25-17-16-22(23-20-12-6-2-7-13-20)24-21-14-8-3-9-15-21/h1-17H,18H2. The lowest BCUT2D eigenvalue weighted by atomic mass is 10.2. The third kappa shape index (κ3) is 5.98. The predicted molar refractivity (Wildman–Crippen MR) is 107 cm³/mol. The van der Waals surface area contributed by atoms with Crippen LogP contribution in [0.4, 0.5) is 5.69 Å². The van der Waals surface area contributed by atoms with Gasteiger partial charge in [0.25, 0.3) is 0 Å². The molecule has 3 heteroatoms. The van der Waals surface area contributed by atoms with Gasteiger partial charge in [-0.05, 0) is 35.2 Å². The largest absolute Gasteiger partial charge is 0.439 e. The van der Waals surface area contributed by atoms with E-state index in [1.54, 1.807) is 11.8 Å². The molecular weight excluding hydrogens is 326 g/mol. The van der Waals surface area contributed by atoms with Gasteiger partial charge in [0.15, 0.2) is 0 Å². The molecule has 0 aromatic heterocycles. The van der Waals surface area contributed by atoms with Crippen LogP contribution in [0.2, 0.25) is 0 Å². The van der Waals surface area contributed by atoms with E-state index in [0.29, 0.717) is 5.90 Å². The fraction of sp³-hybridized carbons (Fsp3) is 0.0455. The Morgan fingerprint density at radius 3 is 2.08 bits per heavy atom. The van der Waals surface area contributed by atoms with Crippen LogP contribution in [-0.4, -0.2) is 5.90 Å². The van der Waals surface area contributed by atoms with Gasteiger partial charge in [-0.3, -0.25) is 0 Å². The first-order valence-electron chi connectivity index (χ1n) is 8.09. The highest BCUT2D eigenvalue weighted by Crippen LogP contribution is 2.17. The van der Waals surface area contributed by atoms with Crippen molar-refractivity contribution >= 4 is 23.3 Å². The van der Waals surface area contributed by atoms with E-state index in [1.807, 2.05) is 78.2 Å². The van der Waals surface area contributed by atoms with E-state index in [0.717, 1.165) is 17.2 Å². The number of thioether (sulfide) groups is 1. The highest BCUT2D eigenvalue weighted by atomic mass is 32.2. The van der Waals surface area contributed by atoms with Gasteiger partial charge in [0.05, 0.1) is 5.69 Å². The second-order valence-corrected chi connectivity index (χ2v) is 6.19. The van der Waals surface area contributed by atoms with Crippen molar-refractivity contribution in [2.75, 3.05) is 0 Å². The molecular formula is C22H19NOS. The van der Waals surface area contributed by atoms with E-state index < -0.39 is 0 Å². The molecule has 124 valence electrons. The summed E-state index contributed by atoms with van der Waals surface area (Å²) in [5, 5.41) is 2.03. The Balaban J connectivity index is 1.69. The number of hydrogen-bond acceptors (Lipinski definition) is 3. The quantitative estimate of drug-likeness (QED) is 0.389. The van der Waals surface area contributed by atoms with Crippen LogP contribution in [0.25, 0.3) is 0 Å². The molecule has 0 N–H and O–H groups in total. The average molecular weight is 345 g/mol. The molecule has 0 unspecified atom stereocenters. The van der Waals surface area contributed by atoms with Gasteiger partial charge >= 0.3 is 0 Å². The minimum Gasteiger partial charge on any atom is -0.439 e. The summed E-state index contributed by atoms with van der Waals surface area (Å²) >= 11 is 1.71. The summed E-state index contributed by atoms with van der Waals surface area (Å²) < 4.78 is 5.92. The summed E-state index contributed by atoms with van der Waals surface area (Å²) in [6, 6.07) is 29.9. The van der Waals surface area contributed by atoms with Gasteiger partial charge in [0, 0.05) is 11.8 Å². The molecule has 2 nitrogen and oxygen atoms in total. The Morgan fingerprint density at radius 1 is 0.800 bits per heavy atom. The van der Waals surface area contributed by atoms with Gasteiger partial charge in [-0.1, -0.05) is 66.7 Å². The highest BCUT2D eigenvalue weighted by molar-refractivity contribution is 8.01. The second kappa shape index (κ2) is 9.50. The maximum atomic E-state index is 5.92. The molecule has 0 saturated carbocycles. The van der Waals surface area contributed by atoms with E-state index in [-0.39, 0.29) is 0 Å². The molecule has 3 aromatic rings. The van der Waals surface area contributed by atoms with Gasteiger partial charge in [0.1, 0.15) is 5.75 Å². The van der Waals surface area contributed by atoms with Crippen molar-refractivity contribution in [2.45, 2.75) is 5.75 Å². The summed E-state index contributed by atoms with van der Waals surface area (Å²) in [7, 11) is 0. The maximum absolute atomic E-state index is 5.92. The SMILES string of the molecule is C(=CC(=Nc1ccccc1)Oc1ccccc1)SCc1ccccc1. The van der Waals surface area contributed by atoms with Crippen molar-refractivity contribution in [1.29, 1.82) is 0 Å². The smallest absolute Gasteiger partial charge is 0.220 e.